The van der Waals surface area contributed by atoms with Crippen molar-refractivity contribution in [1.82, 2.24) is 9.55 Å². The number of rotatable bonds is 3. The predicted octanol–water partition coefficient (Wildman–Crippen LogP) is 4.36. The fraction of sp³-hybridized carbons (Fsp3) is 0.308. The smallest absolute Gasteiger partial charge is 0.353 e. The zero-order valence-electron chi connectivity index (χ0n) is 10.9. The minimum absolute atomic E-state index is 0.0269. The lowest BCUT2D eigenvalue weighted by molar-refractivity contribution is -0.137. The van der Waals surface area contributed by atoms with E-state index in [0.29, 0.717) is 11.6 Å². The van der Waals surface area contributed by atoms with Crippen LogP contribution >= 0.6 is 11.6 Å². The van der Waals surface area contributed by atoms with Crippen LogP contribution in [-0.4, -0.2) is 15.6 Å². The van der Waals surface area contributed by atoms with Crippen molar-refractivity contribution < 1.29 is 13.2 Å². The molecule has 0 aliphatic rings. The van der Waals surface area contributed by atoms with Crippen LogP contribution in [0, 0.1) is 0 Å². The molecule has 108 valence electrons. The van der Waals surface area contributed by atoms with Crippen molar-refractivity contribution >= 4 is 17.5 Å². The Balaban J connectivity index is 2.48. The summed E-state index contributed by atoms with van der Waals surface area (Å²) in [5, 5.41) is 3.08. The van der Waals surface area contributed by atoms with Crippen molar-refractivity contribution in [1.29, 1.82) is 0 Å². The summed E-state index contributed by atoms with van der Waals surface area (Å²) < 4.78 is 39.9. The lowest BCUT2D eigenvalue weighted by atomic mass is 10.2. The Morgan fingerprint density at radius 1 is 1.25 bits per heavy atom. The molecule has 0 aliphatic carbocycles. The second-order valence-corrected chi connectivity index (χ2v) is 5.05. The largest absolute Gasteiger partial charge is 0.416 e. The van der Waals surface area contributed by atoms with E-state index in [1.54, 1.807) is 6.20 Å². The van der Waals surface area contributed by atoms with Gasteiger partial charge in [-0.25, -0.2) is 4.98 Å². The number of hydrogen-bond acceptors (Lipinski definition) is 2. The number of benzene rings is 1. The molecule has 2 aromatic rings. The van der Waals surface area contributed by atoms with Crippen LogP contribution in [0.1, 0.15) is 19.4 Å². The molecule has 0 spiro atoms. The molecule has 0 saturated heterocycles. The van der Waals surface area contributed by atoms with Crippen LogP contribution in [-0.2, 0) is 6.18 Å². The summed E-state index contributed by atoms with van der Waals surface area (Å²) in [6, 6.07) is 3.51. The number of imidazole rings is 1. The first-order valence-corrected chi connectivity index (χ1v) is 6.33. The van der Waals surface area contributed by atoms with Gasteiger partial charge in [-0.15, -0.1) is 0 Å². The lowest BCUT2D eigenvalue weighted by Crippen LogP contribution is -2.14. The summed E-state index contributed by atoms with van der Waals surface area (Å²) in [6.45, 7) is 3.83. The quantitative estimate of drug-likeness (QED) is 0.912. The van der Waals surface area contributed by atoms with E-state index in [4.69, 9.17) is 11.6 Å². The van der Waals surface area contributed by atoms with E-state index in [0.717, 1.165) is 12.1 Å². The van der Waals surface area contributed by atoms with Gasteiger partial charge in [-0.1, -0.05) is 11.6 Å². The van der Waals surface area contributed by atoms with E-state index >= 15 is 0 Å². The van der Waals surface area contributed by atoms with Gasteiger partial charge in [-0.2, -0.15) is 13.2 Å². The molecule has 0 unspecified atom stereocenters. The van der Waals surface area contributed by atoms with E-state index in [1.165, 1.54) is 16.8 Å². The number of anilines is 1. The fourth-order valence-corrected chi connectivity index (χ4v) is 1.98. The third-order valence-electron chi connectivity index (χ3n) is 2.55. The number of nitrogens with zero attached hydrogens (tertiary/aromatic N) is 2. The van der Waals surface area contributed by atoms with Gasteiger partial charge >= 0.3 is 6.18 Å². The van der Waals surface area contributed by atoms with E-state index in [2.05, 4.69) is 10.3 Å². The summed E-state index contributed by atoms with van der Waals surface area (Å²) in [5.74, 6) is 0.468. The molecule has 0 fully saturated rings. The molecular formula is C13H13ClF3N3. The molecular weight excluding hydrogens is 291 g/mol. The Bertz CT molecular complexity index is 605. The molecule has 0 atom stereocenters. The van der Waals surface area contributed by atoms with Crippen LogP contribution in [0.15, 0.2) is 30.6 Å². The number of nitrogens with one attached hydrogen (secondary N) is 1. The summed E-state index contributed by atoms with van der Waals surface area (Å²) in [5.41, 5.74) is -0.477. The fourth-order valence-electron chi connectivity index (χ4n) is 1.75. The molecule has 0 radical (unpaired) electrons. The Labute approximate surface area is 119 Å². The maximum absolute atomic E-state index is 12.8. The van der Waals surface area contributed by atoms with Crippen molar-refractivity contribution in [3.63, 3.8) is 0 Å². The van der Waals surface area contributed by atoms with Gasteiger partial charge in [0.2, 0.25) is 5.95 Å². The van der Waals surface area contributed by atoms with Crippen LogP contribution in [0.25, 0.3) is 5.69 Å². The SMILES string of the molecule is CC(C)Nc1nccn1-c1cc(Cl)cc(C(F)(F)F)c1. The molecule has 3 nitrogen and oxygen atoms in total. The molecule has 1 heterocycles. The highest BCUT2D eigenvalue weighted by Gasteiger charge is 2.31. The third kappa shape index (κ3) is 3.25. The first kappa shape index (κ1) is 14.7. The number of halogens is 4. The minimum atomic E-state index is -4.44. The zero-order chi connectivity index (χ0) is 14.9. The highest BCUT2D eigenvalue weighted by Crippen LogP contribution is 2.33. The van der Waals surface area contributed by atoms with Gasteiger partial charge in [-0.05, 0) is 32.0 Å². The van der Waals surface area contributed by atoms with E-state index < -0.39 is 11.7 Å². The van der Waals surface area contributed by atoms with Crippen molar-refractivity contribution in [2.45, 2.75) is 26.1 Å². The Morgan fingerprint density at radius 2 is 1.95 bits per heavy atom. The molecule has 0 saturated carbocycles. The molecule has 1 aromatic heterocycles. The molecule has 1 N–H and O–H groups in total. The summed E-state index contributed by atoms with van der Waals surface area (Å²) in [6.07, 6.45) is -1.35. The van der Waals surface area contributed by atoms with E-state index in [9.17, 15) is 13.2 Å². The van der Waals surface area contributed by atoms with Crippen LogP contribution < -0.4 is 5.32 Å². The Morgan fingerprint density at radius 3 is 2.55 bits per heavy atom. The normalized spacial score (nSPS) is 11.9. The van der Waals surface area contributed by atoms with Crippen molar-refractivity contribution in [2.24, 2.45) is 0 Å². The maximum atomic E-state index is 12.8. The molecule has 7 heteroatoms. The second-order valence-electron chi connectivity index (χ2n) is 4.62. The Hall–Kier alpha value is -1.69. The average molecular weight is 304 g/mol. The third-order valence-corrected chi connectivity index (χ3v) is 2.76. The first-order chi connectivity index (χ1) is 9.27. The molecule has 0 aliphatic heterocycles. The van der Waals surface area contributed by atoms with Crippen molar-refractivity contribution in [3.8, 4) is 5.69 Å². The number of hydrogen-bond donors (Lipinski definition) is 1. The second kappa shape index (κ2) is 5.36. The van der Waals surface area contributed by atoms with Gasteiger partial charge in [0.15, 0.2) is 0 Å². The monoisotopic (exact) mass is 303 g/mol. The number of alkyl halides is 3. The highest BCUT2D eigenvalue weighted by atomic mass is 35.5. The topological polar surface area (TPSA) is 29.9 Å². The van der Waals surface area contributed by atoms with Crippen LogP contribution in [0.2, 0.25) is 5.02 Å². The molecule has 2 rings (SSSR count). The van der Waals surface area contributed by atoms with Gasteiger partial charge in [0.1, 0.15) is 0 Å². The predicted molar refractivity (Wildman–Crippen MR) is 72.3 cm³/mol. The molecule has 0 bridgehead atoms. The summed E-state index contributed by atoms with van der Waals surface area (Å²) in [7, 11) is 0. The van der Waals surface area contributed by atoms with Crippen molar-refractivity contribution in [3.05, 3.63) is 41.2 Å². The Kier molecular flexibility index (Phi) is 3.94. The zero-order valence-corrected chi connectivity index (χ0v) is 11.6. The van der Waals surface area contributed by atoms with Crippen LogP contribution in [0.3, 0.4) is 0 Å². The lowest BCUT2D eigenvalue weighted by Gasteiger charge is -2.14. The van der Waals surface area contributed by atoms with Gasteiger partial charge in [0.05, 0.1) is 11.3 Å². The van der Waals surface area contributed by atoms with E-state index in [-0.39, 0.29) is 11.1 Å². The standard InChI is InChI=1S/C13H13ClF3N3/c1-8(2)19-12-18-3-4-20(12)11-6-9(13(15,16)17)5-10(14)7-11/h3-8H,1-2H3,(H,18,19). The molecule has 1 aromatic carbocycles. The maximum Gasteiger partial charge on any atom is 0.416 e. The van der Waals surface area contributed by atoms with Gasteiger partial charge < -0.3 is 5.32 Å². The van der Waals surface area contributed by atoms with Gasteiger partial charge in [0.25, 0.3) is 0 Å². The average Bonchev–Trinajstić information content (AvgIpc) is 2.74. The summed E-state index contributed by atoms with van der Waals surface area (Å²) in [4.78, 5) is 4.08. The minimum Gasteiger partial charge on any atom is -0.353 e. The highest BCUT2D eigenvalue weighted by molar-refractivity contribution is 6.30. The summed E-state index contributed by atoms with van der Waals surface area (Å²) >= 11 is 5.78. The van der Waals surface area contributed by atoms with Gasteiger partial charge in [-0.3, -0.25) is 4.57 Å². The molecule has 0 amide bonds. The first-order valence-electron chi connectivity index (χ1n) is 5.95. The van der Waals surface area contributed by atoms with E-state index in [1.807, 2.05) is 13.8 Å². The van der Waals surface area contributed by atoms with Crippen molar-refractivity contribution in [2.75, 3.05) is 5.32 Å². The van der Waals surface area contributed by atoms with Crippen LogP contribution in [0.5, 0.6) is 0 Å². The van der Waals surface area contributed by atoms with Crippen LogP contribution in [0.4, 0.5) is 19.1 Å². The number of aromatic nitrogens is 2. The molecule has 20 heavy (non-hydrogen) atoms. The van der Waals surface area contributed by atoms with Gasteiger partial charge in [0, 0.05) is 23.5 Å².